The Bertz CT molecular complexity index is 908. The van der Waals surface area contributed by atoms with Gasteiger partial charge < -0.3 is 19.5 Å². The second kappa shape index (κ2) is 9.86. The van der Waals surface area contributed by atoms with E-state index in [1.165, 1.54) is 16.4 Å². The molecule has 1 atom stereocenters. The number of piperidine rings is 1. The molecular formula is C21H30N2O7S. The van der Waals surface area contributed by atoms with E-state index in [0.717, 1.165) is 0 Å². The zero-order valence-corrected chi connectivity index (χ0v) is 18.9. The molecular weight excluding hydrogens is 424 g/mol. The first-order valence-corrected chi connectivity index (χ1v) is 12.0. The summed E-state index contributed by atoms with van der Waals surface area (Å²) in [5, 5.41) is 2.78. The van der Waals surface area contributed by atoms with Crippen LogP contribution in [0.3, 0.4) is 0 Å². The highest BCUT2D eigenvalue weighted by molar-refractivity contribution is 7.89. The Morgan fingerprint density at radius 3 is 2.42 bits per heavy atom. The zero-order chi connectivity index (χ0) is 22.6. The van der Waals surface area contributed by atoms with Crippen LogP contribution in [0.5, 0.6) is 11.5 Å². The van der Waals surface area contributed by atoms with E-state index in [1.807, 2.05) is 20.8 Å². The van der Waals surface area contributed by atoms with Crippen molar-refractivity contribution in [2.75, 3.05) is 32.9 Å². The van der Waals surface area contributed by atoms with E-state index in [9.17, 15) is 18.0 Å². The number of nitrogens with one attached hydrogen (secondary N) is 1. The summed E-state index contributed by atoms with van der Waals surface area (Å²) in [7, 11) is -3.71. The Labute approximate surface area is 183 Å². The number of amides is 1. The number of nitrogens with zero attached hydrogens (tertiary/aromatic N) is 1. The fraction of sp³-hybridized carbons (Fsp3) is 0.619. The molecule has 10 heteroatoms. The number of hydrogen-bond donors (Lipinski definition) is 1. The van der Waals surface area contributed by atoms with Gasteiger partial charge in [-0.15, -0.1) is 0 Å². The summed E-state index contributed by atoms with van der Waals surface area (Å²) in [4.78, 5) is 24.3. The summed E-state index contributed by atoms with van der Waals surface area (Å²) >= 11 is 0. The van der Waals surface area contributed by atoms with Crippen LogP contribution in [0.15, 0.2) is 23.1 Å². The van der Waals surface area contributed by atoms with Gasteiger partial charge in [0.15, 0.2) is 18.1 Å². The molecule has 31 heavy (non-hydrogen) atoms. The van der Waals surface area contributed by atoms with E-state index >= 15 is 0 Å². The summed E-state index contributed by atoms with van der Waals surface area (Å²) in [5.41, 5.74) is 0. The van der Waals surface area contributed by atoms with Crippen molar-refractivity contribution in [3.05, 3.63) is 18.2 Å². The molecule has 0 bridgehead atoms. The Balaban J connectivity index is 1.51. The van der Waals surface area contributed by atoms with Crippen molar-refractivity contribution < 1.29 is 32.2 Å². The predicted octanol–water partition coefficient (Wildman–Crippen LogP) is 1.56. The Morgan fingerprint density at radius 2 is 1.77 bits per heavy atom. The van der Waals surface area contributed by atoms with Crippen molar-refractivity contribution in [1.29, 1.82) is 0 Å². The second-order valence-electron chi connectivity index (χ2n) is 8.19. The largest absolute Gasteiger partial charge is 0.486 e. The molecule has 0 spiro atoms. The number of esters is 1. The van der Waals surface area contributed by atoms with Crippen molar-refractivity contribution in [3.63, 3.8) is 0 Å². The Morgan fingerprint density at radius 1 is 1.13 bits per heavy atom. The quantitative estimate of drug-likeness (QED) is 0.623. The Hall–Kier alpha value is -2.33. The van der Waals surface area contributed by atoms with Gasteiger partial charge >= 0.3 is 5.97 Å². The summed E-state index contributed by atoms with van der Waals surface area (Å²) in [6, 6.07) is 4.55. The minimum absolute atomic E-state index is 0.0137. The minimum Gasteiger partial charge on any atom is -0.486 e. The van der Waals surface area contributed by atoms with Gasteiger partial charge in [0, 0.05) is 25.2 Å². The molecule has 0 unspecified atom stereocenters. The average Bonchev–Trinajstić information content (AvgIpc) is 2.77. The third-order valence-corrected chi connectivity index (χ3v) is 7.57. The van der Waals surface area contributed by atoms with Gasteiger partial charge in [-0.1, -0.05) is 13.8 Å². The minimum atomic E-state index is -3.71. The van der Waals surface area contributed by atoms with E-state index in [2.05, 4.69) is 5.32 Å². The first-order chi connectivity index (χ1) is 14.7. The van der Waals surface area contributed by atoms with Crippen molar-refractivity contribution in [3.8, 4) is 11.5 Å². The van der Waals surface area contributed by atoms with Crippen LogP contribution in [0.1, 0.15) is 33.6 Å². The average molecular weight is 455 g/mol. The smallest absolute Gasteiger partial charge is 0.309 e. The molecule has 1 amide bonds. The van der Waals surface area contributed by atoms with Crippen LogP contribution in [-0.2, 0) is 24.3 Å². The van der Waals surface area contributed by atoms with Gasteiger partial charge in [0.05, 0.1) is 10.8 Å². The molecule has 0 radical (unpaired) electrons. The molecule has 0 aromatic heterocycles. The highest BCUT2D eigenvalue weighted by Crippen LogP contribution is 2.34. The molecule has 0 saturated carbocycles. The number of ether oxygens (including phenoxy) is 3. The van der Waals surface area contributed by atoms with Crippen LogP contribution >= 0.6 is 0 Å². The molecule has 2 heterocycles. The van der Waals surface area contributed by atoms with Crippen molar-refractivity contribution in [1.82, 2.24) is 9.62 Å². The predicted molar refractivity (Wildman–Crippen MR) is 112 cm³/mol. The zero-order valence-electron chi connectivity index (χ0n) is 18.1. The summed E-state index contributed by atoms with van der Waals surface area (Å²) in [6.45, 7) is 6.75. The first kappa shape index (κ1) is 23.3. The van der Waals surface area contributed by atoms with Gasteiger partial charge in [-0.05, 0) is 37.8 Å². The number of fused-ring (bicyclic) bond motifs is 1. The molecule has 1 saturated heterocycles. The van der Waals surface area contributed by atoms with E-state index in [0.29, 0.717) is 37.6 Å². The molecule has 1 aromatic rings. The second-order valence-corrected chi connectivity index (χ2v) is 10.1. The molecule has 1 aromatic carbocycles. The van der Waals surface area contributed by atoms with E-state index in [4.69, 9.17) is 14.2 Å². The fourth-order valence-electron chi connectivity index (χ4n) is 3.38. The van der Waals surface area contributed by atoms with Crippen molar-refractivity contribution in [2.24, 2.45) is 11.8 Å². The first-order valence-electron chi connectivity index (χ1n) is 10.5. The van der Waals surface area contributed by atoms with E-state index in [1.54, 1.807) is 6.07 Å². The lowest BCUT2D eigenvalue weighted by molar-refractivity contribution is -0.153. The molecule has 172 valence electrons. The highest BCUT2D eigenvalue weighted by atomic mass is 32.2. The number of hydrogen-bond acceptors (Lipinski definition) is 7. The number of carbonyl (C=O) groups is 2. The highest BCUT2D eigenvalue weighted by Gasteiger charge is 2.33. The summed E-state index contributed by atoms with van der Waals surface area (Å²) in [5.74, 6) is -0.0200. The van der Waals surface area contributed by atoms with Gasteiger partial charge in [-0.25, -0.2) is 8.42 Å². The lowest BCUT2D eigenvalue weighted by atomic mass is 9.98. The van der Waals surface area contributed by atoms with Crippen LogP contribution in [-0.4, -0.2) is 63.6 Å². The molecule has 1 fully saturated rings. The number of rotatable bonds is 7. The maximum Gasteiger partial charge on any atom is 0.309 e. The summed E-state index contributed by atoms with van der Waals surface area (Å²) < 4.78 is 43.4. The molecule has 3 rings (SSSR count). The third kappa shape index (κ3) is 5.68. The van der Waals surface area contributed by atoms with Crippen LogP contribution in [0.4, 0.5) is 0 Å². The standard InChI is InChI=1S/C21H30N2O7S/c1-14(2)15(3)22-20(24)13-30-21(25)16-6-8-23(9-7-16)31(26,27)17-4-5-18-19(12-17)29-11-10-28-18/h4-5,12,14-16H,6-11,13H2,1-3H3,(H,22,24)/t15-/m1/s1. The van der Waals surface area contributed by atoms with Crippen LogP contribution < -0.4 is 14.8 Å². The number of benzene rings is 1. The van der Waals surface area contributed by atoms with Gasteiger partial charge in [-0.3, -0.25) is 9.59 Å². The van der Waals surface area contributed by atoms with E-state index < -0.39 is 21.9 Å². The monoisotopic (exact) mass is 454 g/mol. The molecule has 1 N–H and O–H groups in total. The van der Waals surface area contributed by atoms with Crippen molar-refractivity contribution in [2.45, 2.75) is 44.6 Å². The molecule has 0 aliphatic carbocycles. The number of sulfonamides is 1. The molecule has 9 nitrogen and oxygen atoms in total. The SMILES string of the molecule is CC(C)[C@@H](C)NC(=O)COC(=O)C1CCN(S(=O)(=O)c2ccc3c(c2)OCCO3)CC1. The van der Waals surface area contributed by atoms with Crippen molar-refractivity contribution >= 4 is 21.9 Å². The number of carbonyl (C=O) groups excluding carboxylic acids is 2. The van der Waals surface area contributed by atoms with Crippen LogP contribution in [0.25, 0.3) is 0 Å². The lowest BCUT2D eigenvalue weighted by Gasteiger charge is -2.30. The maximum atomic E-state index is 13.0. The van der Waals surface area contributed by atoms with Crippen LogP contribution in [0.2, 0.25) is 0 Å². The van der Waals surface area contributed by atoms with Crippen LogP contribution in [0, 0.1) is 11.8 Å². The molecule has 2 aliphatic rings. The Kier molecular flexibility index (Phi) is 7.42. The van der Waals surface area contributed by atoms with Gasteiger partial charge in [-0.2, -0.15) is 4.31 Å². The van der Waals surface area contributed by atoms with E-state index in [-0.39, 0.29) is 42.5 Å². The summed E-state index contributed by atoms with van der Waals surface area (Å²) in [6.07, 6.45) is 0.680. The molecule has 2 aliphatic heterocycles. The normalized spacial score (nSPS) is 18.5. The van der Waals surface area contributed by atoms with Gasteiger partial charge in [0.25, 0.3) is 5.91 Å². The fourth-order valence-corrected chi connectivity index (χ4v) is 4.87. The lowest BCUT2D eigenvalue weighted by Crippen LogP contribution is -2.42. The van der Waals surface area contributed by atoms with Gasteiger partial charge in [0.2, 0.25) is 10.0 Å². The topological polar surface area (TPSA) is 111 Å². The van der Waals surface area contributed by atoms with Gasteiger partial charge in [0.1, 0.15) is 13.2 Å². The third-order valence-electron chi connectivity index (χ3n) is 5.67. The maximum absolute atomic E-state index is 13.0.